The van der Waals surface area contributed by atoms with Crippen molar-refractivity contribution in [2.45, 2.75) is 18.9 Å². The van der Waals surface area contributed by atoms with Crippen LogP contribution in [0.3, 0.4) is 0 Å². The van der Waals surface area contributed by atoms with Crippen molar-refractivity contribution in [3.05, 3.63) is 59.4 Å². The summed E-state index contributed by atoms with van der Waals surface area (Å²) in [7, 11) is 0. The number of anilines is 1. The zero-order chi connectivity index (χ0) is 12.5. The Hall–Kier alpha value is -1.97. The van der Waals surface area contributed by atoms with E-state index < -0.39 is 11.6 Å². The normalized spacial score (nSPS) is 17.6. The summed E-state index contributed by atoms with van der Waals surface area (Å²) in [5.74, 6) is -0.890. The molecule has 1 unspecified atom stereocenters. The SMILES string of the molecule is Fc1ccc(F)c(NC2CCc3cccnc32)c1. The van der Waals surface area contributed by atoms with Crippen molar-refractivity contribution in [2.75, 3.05) is 5.32 Å². The number of fused-ring (bicyclic) bond motifs is 1. The molecule has 0 radical (unpaired) electrons. The molecule has 0 bridgehead atoms. The molecule has 1 aromatic heterocycles. The third-order valence-electron chi connectivity index (χ3n) is 3.22. The van der Waals surface area contributed by atoms with Gasteiger partial charge in [-0.2, -0.15) is 0 Å². The van der Waals surface area contributed by atoms with E-state index in [1.807, 2.05) is 12.1 Å². The molecule has 1 aliphatic rings. The van der Waals surface area contributed by atoms with E-state index >= 15 is 0 Å². The van der Waals surface area contributed by atoms with Gasteiger partial charge in [-0.15, -0.1) is 0 Å². The van der Waals surface area contributed by atoms with Gasteiger partial charge in [0.05, 0.1) is 17.4 Å². The predicted octanol–water partition coefficient (Wildman–Crippen LogP) is 3.46. The smallest absolute Gasteiger partial charge is 0.146 e. The van der Waals surface area contributed by atoms with Gasteiger partial charge in [-0.3, -0.25) is 4.98 Å². The van der Waals surface area contributed by atoms with Gasteiger partial charge in [0.2, 0.25) is 0 Å². The summed E-state index contributed by atoms with van der Waals surface area (Å²) in [5, 5.41) is 3.03. The van der Waals surface area contributed by atoms with E-state index in [1.165, 1.54) is 11.6 Å². The second-order valence-corrected chi connectivity index (χ2v) is 4.41. The van der Waals surface area contributed by atoms with Crippen LogP contribution >= 0.6 is 0 Å². The standard InChI is InChI=1S/C14H12F2N2/c15-10-4-5-11(16)13(8-10)18-12-6-3-9-2-1-7-17-14(9)12/h1-2,4-5,7-8,12,18H,3,6H2. The minimum atomic E-state index is -0.446. The van der Waals surface area contributed by atoms with Crippen LogP contribution in [0, 0.1) is 11.6 Å². The van der Waals surface area contributed by atoms with E-state index in [-0.39, 0.29) is 11.7 Å². The molecule has 1 atom stereocenters. The average molecular weight is 246 g/mol. The lowest BCUT2D eigenvalue weighted by Gasteiger charge is -2.15. The minimum Gasteiger partial charge on any atom is -0.374 e. The summed E-state index contributed by atoms with van der Waals surface area (Å²) in [4.78, 5) is 4.31. The Morgan fingerprint density at radius 1 is 1.22 bits per heavy atom. The first kappa shape index (κ1) is 11.1. The Bertz CT molecular complexity index is 584. The number of rotatable bonds is 2. The highest BCUT2D eigenvalue weighted by molar-refractivity contribution is 5.48. The van der Waals surface area contributed by atoms with Gasteiger partial charge in [0.15, 0.2) is 0 Å². The molecule has 0 fully saturated rings. The monoisotopic (exact) mass is 246 g/mol. The fourth-order valence-corrected chi connectivity index (χ4v) is 2.35. The van der Waals surface area contributed by atoms with Crippen LogP contribution in [0.5, 0.6) is 0 Å². The zero-order valence-corrected chi connectivity index (χ0v) is 9.66. The average Bonchev–Trinajstić information content (AvgIpc) is 2.78. The molecule has 0 amide bonds. The molecule has 1 aliphatic carbocycles. The summed E-state index contributed by atoms with van der Waals surface area (Å²) < 4.78 is 26.6. The number of hydrogen-bond donors (Lipinski definition) is 1. The maximum absolute atomic E-state index is 13.5. The highest BCUT2D eigenvalue weighted by atomic mass is 19.1. The van der Waals surface area contributed by atoms with Gasteiger partial charge in [-0.05, 0) is 42.7 Å². The lowest BCUT2D eigenvalue weighted by atomic mass is 10.2. The van der Waals surface area contributed by atoms with Crippen LogP contribution in [0.25, 0.3) is 0 Å². The molecule has 2 aromatic rings. The van der Waals surface area contributed by atoms with Gasteiger partial charge in [0.25, 0.3) is 0 Å². The lowest BCUT2D eigenvalue weighted by molar-refractivity contribution is 0.598. The third-order valence-corrected chi connectivity index (χ3v) is 3.22. The number of benzene rings is 1. The van der Waals surface area contributed by atoms with Crippen LogP contribution in [0.1, 0.15) is 23.7 Å². The molecule has 2 nitrogen and oxygen atoms in total. The van der Waals surface area contributed by atoms with Crippen LogP contribution in [0.2, 0.25) is 0 Å². The van der Waals surface area contributed by atoms with Crippen molar-refractivity contribution in [2.24, 2.45) is 0 Å². The summed E-state index contributed by atoms with van der Waals surface area (Å²) in [6.45, 7) is 0. The van der Waals surface area contributed by atoms with Crippen LogP contribution in [0.15, 0.2) is 36.5 Å². The second kappa shape index (κ2) is 4.37. The van der Waals surface area contributed by atoms with E-state index in [2.05, 4.69) is 10.3 Å². The molecule has 18 heavy (non-hydrogen) atoms. The molecule has 1 N–H and O–H groups in total. The molecule has 3 rings (SSSR count). The summed E-state index contributed by atoms with van der Waals surface area (Å²) in [6.07, 6.45) is 3.49. The Morgan fingerprint density at radius 3 is 3.00 bits per heavy atom. The van der Waals surface area contributed by atoms with Gasteiger partial charge in [0, 0.05) is 6.20 Å². The molecule has 0 saturated carbocycles. The second-order valence-electron chi connectivity index (χ2n) is 4.41. The molecular formula is C14H12F2N2. The first-order valence-corrected chi connectivity index (χ1v) is 5.89. The molecule has 0 aliphatic heterocycles. The fourth-order valence-electron chi connectivity index (χ4n) is 2.35. The van der Waals surface area contributed by atoms with Gasteiger partial charge >= 0.3 is 0 Å². The van der Waals surface area contributed by atoms with Crippen molar-refractivity contribution in [3.63, 3.8) is 0 Å². The maximum Gasteiger partial charge on any atom is 0.146 e. The van der Waals surface area contributed by atoms with Crippen molar-refractivity contribution in [1.29, 1.82) is 0 Å². The van der Waals surface area contributed by atoms with Crippen LogP contribution in [0.4, 0.5) is 14.5 Å². The van der Waals surface area contributed by atoms with Gasteiger partial charge in [0.1, 0.15) is 11.6 Å². The van der Waals surface area contributed by atoms with E-state index in [1.54, 1.807) is 6.20 Å². The lowest BCUT2D eigenvalue weighted by Crippen LogP contribution is -2.10. The molecule has 1 aromatic carbocycles. The largest absolute Gasteiger partial charge is 0.374 e. The molecule has 0 spiro atoms. The third kappa shape index (κ3) is 1.94. The number of aromatic nitrogens is 1. The highest BCUT2D eigenvalue weighted by Gasteiger charge is 2.24. The molecular weight excluding hydrogens is 234 g/mol. The summed E-state index contributed by atoms with van der Waals surface area (Å²) in [6, 6.07) is 7.29. The summed E-state index contributed by atoms with van der Waals surface area (Å²) >= 11 is 0. The minimum absolute atomic E-state index is 0.0440. The molecule has 4 heteroatoms. The topological polar surface area (TPSA) is 24.9 Å². The number of aryl methyl sites for hydroxylation is 1. The van der Waals surface area contributed by atoms with Crippen molar-refractivity contribution in [3.8, 4) is 0 Å². The number of hydrogen-bond acceptors (Lipinski definition) is 2. The summed E-state index contributed by atoms with van der Waals surface area (Å²) in [5.41, 5.74) is 2.30. The van der Waals surface area contributed by atoms with E-state index in [0.717, 1.165) is 30.7 Å². The Balaban J connectivity index is 1.88. The number of nitrogens with zero attached hydrogens (tertiary/aromatic N) is 1. The van der Waals surface area contributed by atoms with Crippen LogP contribution in [-0.2, 0) is 6.42 Å². The Kier molecular flexibility index (Phi) is 2.70. The van der Waals surface area contributed by atoms with Gasteiger partial charge < -0.3 is 5.32 Å². The highest BCUT2D eigenvalue weighted by Crippen LogP contribution is 2.32. The molecule has 0 saturated heterocycles. The van der Waals surface area contributed by atoms with Crippen molar-refractivity contribution in [1.82, 2.24) is 4.98 Å². The molecule has 1 heterocycles. The quantitative estimate of drug-likeness (QED) is 0.877. The van der Waals surface area contributed by atoms with Crippen molar-refractivity contribution >= 4 is 5.69 Å². The first-order valence-electron chi connectivity index (χ1n) is 5.89. The van der Waals surface area contributed by atoms with Crippen LogP contribution < -0.4 is 5.32 Å². The zero-order valence-electron chi connectivity index (χ0n) is 9.66. The van der Waals surface area contributed by atoms with Crippen LogP contribution in [-0.4, -0.2) is 4.98 Å². The Labute approximate surface area is 104 Å². The van der Waals surface area contributed by atoms with E-state index in [4.69, 9.17) is 0 Å². The van der Waals surface area contributed by atoms with E-state index in [0.29, 0.717) is 0 Å². The number of halogens is 2. The molecule has 92 valence electrons. The Morgan fingerprint density at radius 2 is 2.11 bits per heavy atom. The van der Waals surface area contributed by atoms with Gasteiger partial charge in [-0.1, -0.05) is 6.07 Å². The van der Waals surface area contributed by atoms with Crippen molar-refractivity contribution < 1.29 is 8.78 Å². The fraction of sp³-hybridized carbons (Fsp3) is 0.214. The van der Waals surface area contributed by atoms with Gasteiger partial charge in [-0.25, -0.2) is 8.78 Å². The maximum atomic E-state index is 13.5. The first-order chi connectivity index (χ1) is 8.74. The van der Waals surface area contributed by atoms with E-state index in [9.17, 15) is 8.78 Å². The number of nitrogens with one attached hydrogen (secondary N) is 1. The number of pyridine rings is 1. The predicted molar refractivity (Wildman–Crippen MR) is 65.3 cm³/mol.